The van der Waals surface area contributed by atoms with E-state index in [0.29, 0.717) is 18.1 Å². The molecule has 0 aliphatic carbocycles. The highest BCUT2D eigenvalue weighted by molar-refractivity contribution is 6.30. The molecule has 1 atom stereocenters. The van der Waals surface area contributed by atoms with Gasteiger partial charge in [0.1, 0.15) is 0 Å². The van der Waals surface area contributed by atoms with Gasteiger partial charge in [0, 0.05) is 30.2 Å². The molecule has 1 fully saturated rings. The van der Waals surface area contributed by atoms with Crippen molar-refractivity contribution in [2.45, 2.75) is 26.7 Å². The van der Waals surface area contributed by atoms with Gasteiger partial charge in [-0.3, -0.25) is 9.59 Å². The van der Waals surface area contributed by atoms with E-state index >= 15 is 0 Å². The molecule has 1 N–H and O–H groups in total. The second-order valence-corrected chi connectivity index (χ2v) is 7.29. The molecule has 5 heteroatoms. The lowest BCUT2D eigenvalue weighted by molar-refractivity contribution is -0.128. The van der Waals surface area contributed by atoms with Gasteiger partial charge in [0.15, 0.2) is 0 Å². The highest BCUT2D eigenvalue weighted by atomic mass is 35.5. The number of aryl methyl sites for hydroxylation is 1. The molecule has 1 aliphatic heterocycles. The Hall–Kier alpha value is -2.33. The van der Waals surface area contributed by atoms with E-state index in [1.807, 2.05) is 56.3 Å². The second-order valence-electron chi connectivity index (χ2n) is 6.86. The summed E-state index contributed by atoms with van der Waals surface area (Å²) in [6.45, 7) is 5.08. The Labute approximate surface area is 159 Å². The van der Waals surface area contributed by atoms with Gasteiger partial charge in [-0.25, -0.2) is 0 Å². The Bertz CT molecular complexity index is 835. The number of amides is 2. The van der Waals surface area contributed by atoms with Crippen LogP contribution in [0, 0.1) is 19.8 Å². The van der Waals surface area contributed by atoms with Crippen molar-refractivity contribution in [2.24, 2.45) is 5.92 Å². The van der Waals surface area contributed by atoms with Crippen LogP contribution >= 0.6 is 11.6 Å². The number of hydrogen-bond acceptors (Lipinski definition) is 2. The number of nitrogens with one attached hydrogen (secondary N) is 1. The molecule has 26 heavy (non-hydrogen) atoms. The van der Waals surface area contributed by atoms with Crippen molar-refractivity contribution in [3.63, 3.8) is 0 Å². The number of likely N-dealkylation sites (tertiary alicyclic amines) is 1. The van der Waals surface area contributed by atoms with Crippen LogP contribution in [0.4, 0.5) is 5.69 Å². The molecule has 1 unspecified atom stereocenters. The van der Waals surface area contributed by atoms with Crippen LogP contribution in [0.3, 0.4) is 0 Å². The lowest BCUT2D eigenvalue weighted by Crippen LogP contribution is -2.30. The standard InChI is InChI=1S/C21H23ClN2O2/c1-14-5-3-8-19(15(14)2)23-21(26)17-12-20(25)24(13-17)10-9-16-6-4-7-18(22)11-16/h3-8,11,17H,9-10,12-13H2,1-2H3,(H,23,26). The minimum Gasteiger partial charge on any atom is -0.342 e. The van der Waals surface area contributed by atoms with Gasteiger partial charge < -0.3 is 10.2 Å². The number of rotatable bonds is 5. The van der Waals surface area contributed by atoms with E-state index in [1.165, 1.54) is 0 Å². The molecular weight excluding hydrogens is 348 g/mol. The number of benzene rings is 2. The molecule has 2 aromatic rings. The zero-order chi connectivity index (χ0) is 18.7. The summed E-state index contributed by atoms with van der Waals surface area (Å²) in [4.78, 5) is 26.6. The predicted octanol–water partition coefficient (Wildman–Crippen LogP) is 3.99. The largest absolute Gasteiger partial charge is 0.342 e. The summed E-state index contributed by atoms with van der Waals surface area (Å²) in [6, 6.07) is 13.5. The maximum atomic E-state index is 12.6. The summed E-state index contributed by atoms with van der Waals surface area (Å²) in [5.41, 5.74) is 4.10. The molecule has 3 rings (SSSR count). The van der Waals surface area contributed by atoms with Crippen molar-refractivity contribution in [1.82, 2.24) is 4.90 Å². The van der Waals surface area contributed by atoms with E-state index in [-0.39, 0.29) is 24.2 Å². The quantitative estimate of drug-likeness (QED) is 0.865. The smallest absolute Gasteiger partial charge is 0.229 e. The number of carbonyl (C=O) groups is 2. The van der Waals surface area contributed by atoms with Crippen LogP contribution in [0.15, 0.2) is 42.5 Å². The fraction of sp³-hybridized carbons (Fsp3) is 0.333. The first-order valence-corrected chi connectivity index (χ1v) is 9.21. The highest BCUT2D eigenvalue weighted by Crippen LogP contribution is 2.23. The molecule has 0 saturated carbocycles. The molecule has 0 spiro atoms. The van der Waals surface area contributed by atoms with E-state index in [4.69, 9.17) is 11.6 Å². The maximum absolute atomic E-state index is 12.6. The summed E-state index contributed by atoms with van der Waals surface area (Å²) in [5.74, 6) is -0.354. The van der Waals surface area contributed by atoms with Gasteiger partial charge in [-0.05, 0) is 55.2 Å². The maximum Gasteiger partial charge on any atom is 0.229 e. The Kier molecular flexibility index (Phi) is 5.62. The Morgan fingerprint density at radius 2 is 2.00 bits per heavy atom. The van der Waals surface area contributed by atoms with Crippen molar-refractivity contribution in [3.05, 3.63) is 64.2 Å². The molecule has 2 aromatic carbocycles. The average Bonchev–Trinajstić information content (AvgIpc) is 2.98. The summed E-state index contributed by atoms with van der Waals surface area (Å²) in [7, 11) is 0. The van der Waals surface area contributed by atoms with Gasteiger partial charge in [-0.2, -0.15) is 0 Å². The van der Waals surface area contributed by atoms with Crippen LogP contribution in [0.1, 0.15) is 23.1 Å². The lowest BCUT2D eigenvalue weighted by atomic mass is 10.1. The van der Waals surface area contributed by atoms with Crippen molar-refractivity contribution in [1.29, 1.82) is 0 Å². The van der Waals surface area contributed by atoms with E-state index in [1.54, 1.807) is 4.90 Å². The molecule has 1 heterocycles. The molecule has 136 valence electrons. The number of carbonyl (C=O) groups excluding carboxylic acids is 2. The zero-order valence-electron chi connectivity index (χ0n) is 15.1. The van der Waals surface area contributed by atoms with E-state index < -0.39 is 0 Å². The second kappa shape index (κ2) is 7.92. The van der Waals surface area contributed by atoms with Gasteiger partial charge in [0.05, 0.1) is 5.92 Å². The highest BCUT2D eigenvalue weighted by Gasteiger charge is 2.34. The monoisotopic (exact) mass is 370 g/mol. The Morgan fingerprint density at radius 1 is 1.23 bits per heavy atom. The lowest BCUT2D eigenvalue weighted by Gasteiger charge is -2.17. The van der Waals surface area contributed by atoms with Gasteiger partial charge >= 0.3 is 0 Å². The van der Waals surface area contributed by atoms with Crippen LogP contribution in [-0.4, -0.2) is 29.8 Å². The van der Waals surface area contributed by atoms with Crippen molar-refractivity contribution in [2.75, 3.05) is 18.4 Å². The normalized spacial score (nSPS) is 16.8. The minimum absolute atomic E-state index is 0.0353. The number of nitrogens with zero attached hydrogens (tertiary/aromatic N) is 1. The van der Waals surface area contributed by atoms with Gasteiger partial charge in [0.2, 0.25) is 11.8 Å². The third-order valence-corrected chi connectivity index (χ3v) is 5.24. The zero-order valence-corrected chi connectivity index (χ0v) is 15.8. The molecule has 0 bridgehead atoms. The fourth-order valence-corrected chi connectivity index (χ4v) is 3.45. The third-order valence-electron chi connectivity index (χ3n) is 5.01. The summed E-state index contributed by atoms with van der Waals surface area (Å²) in [5, 5.41) is 3.68. The van der Waals surface area contributed by atoms with E-state index in [9.17, 15) is 9.59 Å². The van der Waals surface area contributed by atoms with Crippen LogP contribution in [0.25, 0.3) is 0 Å². The summed E-state index contributed by atoms with van der Waals surface area (Å²) < 4.78 is 0. The van der Waals surface area contributed by atoms with Crippen molar-refractivity contribution in [3.8, 4) is 0 Å². The molecule has 0 radical (unpaired) electrons. The van der Waals surface area contributed by atoms with Crippen LogP contribution in [0.5, 0.6) is 0 Å². The Morgan fingerprint density at radius 3 is 2.77 bits per heavy atom. The third kappa shape index (κ3) is 4.25. The number of halogens is 1. The first-order chi connectivity index (χ1) is 12.4. The number of hydrogen-bond donors (Lipinski definition) is 1. The fourth-order valence-electron chi connectivity index (χ4n) is 3.24. The van der Waals surface area contributed by atoms with E-state index in [0.717, 1.165) is 28.8 Å². The van der Waals surface area contributed by atoms with Crippen LogP contribution < -0.4 is 5.32 Å². The predicted molar refractivity (Wildman–Crippen MR) is 104 cm³/mol. The van der Waals surface area contributed by atoms with Gasteiger partial charge in [-0.15, -0.1) is 0 Å². The topological polar surface area (TPSA) is 49.4 Å². The Balaban J connectivity index is 1.58. The van der Waals surface area contributed by atoms with E-state index in [2.05, 4.69) is 5.32 Å². The molecule has 2 amide bonds. The first-order valence-electron chi connectivity index (χ1n) is 8.83. The summed E-state index contributed by atoms with van der Waals surface area (Å²) >= 11 is 6.00. The SMILES string of the molecule is Cc1cccc(NC(=O)C2CC(=O)N(CCc3cccc(Cl)c3)C2)c1C. The van der Waals surface area contributed by atoms with Crippen molar-refractivity contribution < 1.29 is 9.59 Å². The molecule has 4 nitrogen and oxygen atoms in total. The number of anilines is 1. The molecular formula is C21H23ClN2O2. The van der Waals surface area contributed by atoms with Crippen LogP contribution in [-0.2, 0) is 16.0 Å². The van der Waals surface area contributed by atoms with Gasteiger partial charge in [-0.1, -0.05) is 35.9 Å². The van der Waals surface area contributed by atoms with Gasteiger partial charge in [0.25, 0.3) is 0 Å². The molecule has 0 aromatic heterocycles. The minimum atomic E-state index is -0.304. The average molecular weight is 371 g/mol. The molecule has 1 aliphatic rings. The summed E-state index contributed by atoms with van der Waals surface area (Å²) in [6.07, 6.45) is 1.00. The first kappa shape index (κ1) is 18.5. The van der Waals surface area contributed by atoms with Crippen LogP contribution in [0.2, 0.25) is 5.02 Å². The van der Waals surface area contributed by atoms with Crippen molar-refractivity contribution >= 4 is 29.1 Å². The molecule has 1 saturated heterocycles.